The number of benzene rings is 4. The summed E-state index contributed by atoms with van der Waals surface area (Å²) in [7, 11) is 0. The summed E-state index contributed by atoms with van der Waals surface area (Å²) in [4.78, 5) is 12.8. The van der Waals surface area contributed by atoms with Crippen LogP contribution in [0.5, 0.6) is 11.5 Å². The molecule has 176 valence electrons. The van der Waals surface area contributed by atoms with Crippen LogP contribution in [-0.4, -0.2) is 22.0 Å². The molecule has 1 atom stereocenters. The Kier molecular flexibility index (Phi) is 7.28. The highest BCUT2D eigenvalue weighted by molar-refractivity contribution is 5.99. The fraction of sp³-hybridized carbons (Fsp3) is 0.0714. The number of hydrogen-bond donors (Lipinski definition) is 6. The van der Waals surface area contributed by atoms with Crippen molar-refractivity contribution < 1.29 is 15.0 Å². The van der Waals surface area contributed by atoms with Gasteiger partial charge in [0, 0.05) is 34.8 Å². The second-order valence-electron chi connectivity index (χ2n) is 8.01. The highest BCUT2D eigenvalue weighted by atomic mass is 16.3. The summed E-state index contributed by atoms with van der Waals surface area (Å²) in [6.07, 6.45) is 0.213. The minimum Gasteiger partial charge on any atom is -0.508 e. The maximum Gasteiger partial charge on any atom is 0.319 e. The molecule has 0 fully saturated rings. The fourth-order valence-corrected chi connectivity index (χ4v) is 3.66. The lowest BCUT2D eigenvalue weighted by Crippen LogP contribution is -2.33. The molecule has 4 aromatic rings. The third-order valence-corrected chi connectivity index (χ3v) is 5.45. The van der Waals surface area contributed by atoms with Crippen LogP contribution in [0.25, 0.3) is 0 Å². The minimum absolute atomic E-state index is 0.0586. The van der Waals surface area contributed by atoms with Gasteiger partial charge < -0.3 is 31.6 Å². The number of amides is 2. The zero-order valence-electron chi connectivity index (χ0n) is 18.9. The van der Waals surface area contributed by atoms with Gasteiger partial charge in [-0.25, -0.2) is 4.79 Å². The topological polar surface area (TPSA) is 117 Å². The summed E-state index contributed by atoms with van der Waals surface area (Å²) in [5, 5.41) is 37.2. The Morgan fingerprint density at radius 3 is 1.97 bits per heavy atom. The second-order valence-corrected chi connectivity index (χ2v) is 8.01. The molecule has 1 unspecified atom stereocenters. The molecule has 0 aliphatic rings. The van der Waals surface area contributed by atoms with E-state index < -0.39 is 12.1 Å². The number of aromatic hydroxyl groups is 2. The lowest BCUT2D eigenvalue weighted by atomic mass is 9.96. The molecule has 6 N–H and O–H groups in total. The molecule has 0 bridgehead atoms. The molecule has 0 spiro atoms. The van der Waals surface area contributed by atoms with Crippen LogP contribution in [0.1, 0.15) is 23.6 Å². The van der Waals surface area contributed by atoms with Gasteiger partial charge in [-0.1, -0.05) is 48.5 Å². The zero-order chi connectivity index (χ0) is 24.6. The van der Waals surface area contributed by atoms with Crippen molar-refractivity contribution in [1.82, 2.24) is 5.32 Å². The van der Waals surface area contributed by atoms with E-state index in [1.165, 1.54) is 0 Å². The Bertz CT molecular complexity index is 1290. The van der Waals surface area contributed by atoms with Crippen molar-refractivity contribution >= 4 is 28.8 Å². The predicted molar refractivity (Wildman–Crippen MR) is 139 cm³/mol. The normalized spacial score (nSPS) is 11.3. The van der Waals surface area contributed by atoms with E-state index in [1.807, 2.05) is 42.5 Å². The van der Waals surface area contributed by atoms with Gasteiger partial charge in [0.15, 0.2) is 0 Å². The standard InChI is InChI=1S/C28H26N4O3/c29-25(19-6-2-1-3-7-19)18-26(24-8-4-5-9-27(24)34)32-28(35)31-22-12-10-20(11-13-22)30-21-14-16-23(33)17-15-21/h1-17,26,29-30,33-34H,18H2,(H2,31,32,35). The van der Waals surface area contributed by atoms with E-state index in [-0.39, 0.29) is 17.9 Å². The molecular weight excluding hydrogens is 440 g/mol. The number of rotatable bonds is 8. The predicted octanol–water partition coefficient (Wildman–Crippen LogP) is 6.16. The minimum atomic E-state index is -0.598. The first-order chi connectivity index (χ1) is 17.0. The van der Waals surface area contributed by atoms with E-state index in [2.05, 4.69) is 16.0 Å². The van der Waals surface area contributed by atoms with Gasteiger partial charge in [0.05, 0.1) is 6.04 Å². The number of phenolic OH excluding ortho intramolecular Hbond substituents is 2. The molecule has 0 aromatic heterocycles. The highest BCUT2D eigenvalue weighted by Gasteiger charge is 2.20. The van der Waals surface area contributed by atoms with Crippen LogP contribution in [0.4, 0.5) is 21.9 Å². The first-order valence-electron chi connectivity index (χ1n) is 11.1. The van der Waals surface area contributed by atoms with Gasteiger partial charge in [-0.05, 0) is 60.2 Å². The Labute approximate surface area is 203 Å². The number of para-hydroxylation sites is 1. The lowest BCUT2D eigenvalue weighted by Gasteiger charge is -2.21. The molecule has 4 aromatic carbocycles. The number of carbonyl (C=O) groups excluding carboxylic acids is 1. The SMILES string of the molecule is N=C(CC(NC(=O)Nc1ccc(Nc2ccc(O)cc2)cc1)c1ccccc1O)c1ccccc1. The number of urea groups is 1. The van der Waals surface area contributed by atoms with Crippen LogP contribution in [0.15, 0.2) is 103 Å². The maximum absolute atomic E-state index is 12.8. The fourth-order valence-electron chi connectivity index (χ4n) is 3.66. The van der Waals surface area contributed by atoms with E-state index in [0.29, 0.717) is 17.0 Å². The van der Waals surface area contributed by atoms with Crippen molar-refractivity contribution in [3.8, 4) is 11.5 Å². The van der Waals surface area contributed by atoms with Crippen molar-refractivity contribution in [3.63, 3.8) is 0 Å². The van der Waals surface area contributed by atoms with Gasteiger partial charge in [-0.2, -0.15) is 0 Å². The van der Waals surface area contributed by atoms with E-state index in [0.717, 1.165) is 16.9 Å². The third kappa shape index (κ3) is 6.39. The molecular formula is C28H26N4O3. The Hall–Kier alpha value is -4.78. The number of anilines is 3. The molecule has 4 rings (SSSR count). The molecule has 0 radical (unpaired) electrons. The van der Waals surface area contributed by atoms with Crippen LogP contribution >= 0.6 is 0 Å². The van der Waals surface area contributed by atoms with E-state index in [1.54, 1.807) is 60.7 Å². The average molecular weight is 467 g/mol. The average Bonchev–Trinajstić information content (AvgIpc) is 2.87. The number of phenols is 2. The molecule has 0 heterocycles. The van der Waals surface area contributed by atoms with E-state index in [9.17, 15) is 15.0 Å². The number of carbonyl (C=O) groups is 1. The summed E-state index contributed by atoms with van der Waals surface area (Å²) in [6.45, 7) is 0. The van der Waals surface area contributed by atoms with Crippen LogP contribution in [0.2, 0.25) is 0 Å². The lowest BCUT2D eigenvalue weighted by molar-refractivity contribution is 0.248. The largest absolute Gasteiger partial charge is 0.508 e. The van der Waals surface area contributed by atoms with E-state index >= 15 is 0 Å². The molecule has 0 aliphatic carbocycles. The van der Waals surface area contributed by atoms with Gasteiger partial charge in [-0.15, -0.1) is 0 Å². The highest BCUT2D eigenvalue weighted by Crippen LogP contribution is 2.28. The van der Waals surface area contributed by atoms with Crippen molar-refractivity contribution in [3.05, 3.63) is 114 Å². The first kappa shape index (κ1) is 23.4. The van der Waals surface area contributed by atoms with Crippen LogP contribution in [0, 0.1) is 5.41 Å². The van der Waals surface area contributed by atoms with Crippen molar-refractivity contribution in [2.24, 2.45) is 0 Å². The number of hydrogen-bond acceptors (Lipinski definition) is 5. The quantitative estimate of drug-likeness (QED) is 0.138. The Morgan fingerprint density at radius 2 is 1.31 bits per heavy atom. The molecule has 35 heavy (non-hydrogen) atoms. The van der Waals surface area contributed by atoms with Gasteiger partial charge >= 0.3 is 6.03 Å². The van der Waals surface area contributed by atoms with Crippen LogP contribution < -0.4 is 16.0 Å². The zero-order valence-corrected chi connectivity index (χ0v) is 18.9. The summed E-state index contributed by atoms with van der Waals surface area (Å²) in [5.41, 5.74) is 3.89. The van der Waals surface area contributed by atoms with Gasteiger partial charge in [-0.3, -0.25) is 0 Å². The Balaban J connectivity index is 1.43. The van der Waals surface area contributed by atoms with Crippen LogP contribution in [0.3, 0.4) is 0 Å². The van der Waals surface area contributed by atoms with Crippen molar-refractivity contribution in [2.75, 3.05) is 10.6 Å². The molecule has 0 aliphatic heterocycles. The summed E-state index contributed by atoms with van der Waals surface area (Å²) in [6, 6.07) is 29.0. The molecule has 7 nitrogen and oxygen atoms in total. The molecule has 0 saturated carbocycles. The van der Waals surface area contributed by atoms with Crippen molar-refractivity contribution in [1.29, 1.82) is 5.41 Å². The van der Waals surface area contributed by atoms with Gasteiger partial charge in [0.2, 0.25) is 0 Å². The molecule has 0 saturated heterocycles. The first-order valence-corrected chi connectivity index (χ1v) is 11.1. The smallest absolute Gasteiger partial charge is 0.319 e. The third-order valence-electron chi connectivity index (χ3n) is 5.45. The Morgan fingerprint density at radius 1 is 0.743 bits per heavy atom. The summed E-state index contributed by atoms with van der Waals surface area (Å²) >= 11 is 0. The second kappa shape index (κ2) is 10.9. The van der Waals surface area contributed by atoms with Crippen LogP contribution in [-0.2, 0) is 0 Å². The van der Waals surface area contributed by atoms with Gasteiger partial charge in [0.1, 0.15) is 11.5 Å². The monoisotopic (exact) mass is 466 g/mol. The number of nitrogens with one attached hydrogen (secondary N) is 4. The van der Waals surface area contributed by atoms with Gasteiger partial charge in [0.25, 0.3) is 0 Å². The summed E-state index contributed by atoms with van der Waals surface area (Å²) < 4.78 is 0. The summed E-state index contributed by atoms with van der Waals surface area (Å²) in [5.74, 6) is 0.255. The maximum atomic E-state index is 12.8. The molecule has 7 heteroatoms. The van der Waals surface area contributed by atoms with Crippen molar-refractivity contribution in [2.45, 2.75) is 12.5 Å². The van der Waals surface area contributed by atoms with E-state index in [4.69, 9.17) is 5.41 Å². The molecule has 2 amide bonds.